The second kappa shape index (κ2) is 7.44. The second-order valence-electron chi connectivity index (χ2n) is 8.03. The summed E-state index contributed by atoms with van der Waals surface area (Å²) in [5.74, 6) is 1.01. The molecule has 0 N–H and O–H groups in total. The predicted molar refractivity (Wildman–Crippen MR) is 111 cm³/mol. The molecule has 1 aromatic heterocycles. The van der Waals surface area contributed by atoms with E-state index in [4.69, 9.17) is 4.42 Å². The number of carbonyl (C=O) groups is 1. The van der Waals surface area contributed by atoms with Crippen LogP contribution in [-0.4, -0.2) is 47.9 Å². The molecule has 0 bridgehead atoms. The highest BCUT2D eigenvalue weighted by Gasteiger charge is 2.31. The molecule has 2 saturated heterocycles. The third kappa shape index (κ3) is 3.33. The van der Waals surface area contributed by atoms with Crippen LogP contribution in [0.5, 0.6) is 0 Å². The van der Waals surface area contributed by atoms with Gasteiger partial charge in [-0.1, -0.05) is 30.3 Å². The molecule has 2 aliphatic rings. The van der Waals surface area contributed by atoms with E-state index in [0.717, 1.165) is 53.8 Å². The van der Waals surface area contributed by atoms with Crippen molar-refractivity contribution in [2.45, 2.75) is 31.7 Å². The topological polar surface area (TPSA) is 36.7 Å². The van der Waals surface area contributed by atoms with Crippen molar-refractivity contribution in [3.8, 4) is 11.3 Å². The largest absolute Gasteiger partial charge is 0.456 e. The van der Waals surface area contributed by atoms with E-state index < -0.39 is 0 Å². The quantitative estimate of drug-likeness (QED) is 0.658. The van der Waals surface area contributed by atoms with Gasteiger partial charge in [0.1, 0.15) is 11.3 Å². The fourth-order valence-corrected chi connectivity index (χ4v) is 4.62. The molecule has 4 heteroatoms. The van der Waals surface area contributed by atoms with Gasteiger partial charge in [0.25, 0.3) is 5.91 Å². The highest BCUT2D eigenvalue weighted by molar-refractivity contribution is 5.95. The molecule has 5 rings (SSSR count). The number of benzene rings is 2. The van der Waals surface area contributed by atoms with Crippen molar-refractivity contribution in [1.29, 1.82) is 0 Å². The van der Waals surface area contributed by atoms with Crippen molar-refractivity contribution < 1.29 is 9.21 Å². The number of para-hydroxylation sites is 1. The fraction of sp³-hybridized carbons (Fsp3) is 0.375. The molecule has 28 heavy (non-hydrogen) atoms. The minimum absolute atomic E-state index is 0.165. The van der Waals surface area contributed by atoms with E-state index in [9.17, 15) is 4.79 Å². The summed E-state index contributed by atoms with van der Waals surface area (Å²) in [5, 5.41) is 1.10. The molecule has 3 heterocycles. The van der Waals surface area contributed by atoms with Crippen LogP contribution >= 0.6 is 0 Å². The van der Waals surface area contributed by atoms with Crippen molar-refractivity contribution in [2.75, 3.05) is 26.2 Å². The summed E-state index contributed by atoms with van der Waals surface area (Å²) in [7, 11) is 0. The Hall–Kier alpha value is -2.59. The number of likely N-dealkylation sites (tertiary alicyclic amines) is 2. The zero-order valence-corrected chi connectivity index (χ0v) is 16.1. The molecule has 0 spiro atoms. The molecule has 2 fully saturated rings. The number of amides is 1. The lowest BCUT2D eigenvalue weighted by molar-refractivity contribution is 0.0709. The molecule has 1 unspecified atom stereocenters. The Bertz CT molecular complexity index is 937. The van der Waals surface area contributed by atoms with Gasteiger partial charge >= 0.3 is 0 Å². The SMILES string of the molecule is O=C(c1ccc(-c2cc3ccccc3o2)cc1)N1CCCC1CN1CCCC1. The number of furan rings is 1. The second-order valence-corrected chi connectivity index (χ2v) is 8.03. The molecule has 0 saturated carbocycles. The minimum Gasteiger partial charge on any atom is -0.456 e. The first-order chi connectivity index (χ1) is 13.8. The Kier molecular flexibility index (Phi) is 4.65. The summed E-state index contributed by atoms with van der Waals surface area (Å²) < 4.78 is 5.94. The molecule has 0 radical (unpaired) electrons. The maximum absolute atomic E-state index is 13.1. The molecule has 4 nitrogen and oxygen atoms in total. The summed E-state index contributed by atoms with van der Waals surface area (Å²) in [4.78, 5) is 17.7. The lowest BCUT2D eigenvalue weighted by Gasteiger charge is -2.28. The molecule has 3 aromatic rings. The van der Waals surface area contributed by atoms with Crippen LogP contribution in [-0.2, 0) is 0 Å². The molecular formula is C24H26N2O2. The number of hydrogen-bond donors (Lipinski definition) is 0. The first-order valence-corrected chi connectivity index (χ1v) is 10.4. The van der Waals surface area contributed by atoms with Crippen LogP contribution in [0, 0.1) is 0 Å². The van der Waals surface area contributed by atoms with Gasteiger partial charge in [0.05, 0.1) is 0 Å². The van der Waals surface area contributed by atoms with Gasteiger partial charge in [0.15, 0.2) is 0 Å². The van der Waals surface area contributed by atoms with E-state index in [0.29, 0.717) is 6.04 Å². The molecule has 1 atom stereocenters. The maximum atomic E-state index is 13.1. The van der Waals surface area contributed by atoms with E-state index in [-0.39, 0.29) is 5.91 Å². The van der Waals surface area contributed by atoms with Gasteiger partial charge in [0, 0.05) is 35.6 Å². The molecule has 1 amide bonds. The Morgan fingerprint density at radius 1 is 0.964 bits per heavy atom. The lowest BCUT2D eigenvalue weighted by Crippen LogP contribution is -2.42. The van der Waals surface area contributed by atoms with E-state index >= 15 is 0 Å². The van der Waals surface area contributed by atoms with Gasteiger partial charge in [-0.3, -0.25) is 4.79 Å². The third-order valence-electron chi connectivity index (χ3n) is 6.15. The highest BCUT2D eigenvalue weighted by Crippen LogP contribution is 2.29. The molecular weight excluding hydrogens is 348 g/mol. The first-order valence-electron chi connectivity index (χ1n) is 10.4. The van der Waals surface area contributed by atoms with Gasteiger partial charge in [0.2, 0.25) is 0 Å². The Morgan fingerprint density at radius 2 is 1.75 bits per heavy atom. The predicted octanol–water partition coefficient (Wildman–Crippen LogP) is 4.80. The van der Waals surface area contributed by atoms with Crippen molar-refractivity contribution in [1.82, 2.24) is 9.80 Å². The van der Waals surface area contributed by atoms with Crippen molar-refractivity contribution >= 4 is 16.9 Å². The Balaban J connectivity index is 1.32. The lowest BCUT2D eigenvalue weighted by atomic mass is 10.1. The van der Waals surface area contributed by atoms with E-state index in [1.807, 2.05) is 48.5 Å². The molecule has 144 valence electrons. The van der Waals surface area contributed by atoms with E-state index in [1.165, 1.54) is 25.9 Å². The first kappa shape index (κ1) is 17.5. The van der Waals surface area contributed by atoms with Crippen LogP contribution in [0.3, 0.4) is 0 Å². The molecule has 0 aliphatic carbocycles. The van der Waals surface area contributed by atoms with Gasteiger partial charge < -0.3 is 14.2 Å². The third-order valence-corrected chi connectivity index (χ3v) is 6.15. The van der Waals surface area contributed by atoms with E-state index in [1.54, 1.807) is 0 Å². The summed E-state index contributed by atoms with van der Waals surface area (Å²) >= 11 is 0. The zero-order valence-electron chi connectivity index (χ0n) is 16.1. The van der Waals surface area contributed by atoms with Crippen LogP contribution in [0.25, 0.3) is 22.3 Å². The fourth-order valence-electron chi connectivity index (χ4n) is 4.62. The Labute approximate surface area is 165 Å². The van der Waals surface area contributed by atoms with Crippen molar-refractivity contribution in [3.05, 3.63) is 60.2 Å². The summed E-state index contributed by atoms with van der Waals surface area (Å²) in [6.07, 6.45) is 4.83. The van der Waals surface area contributed by atoms with E-state index in [2.05, 4.69) is 15.9 Å². The number of carbonyl (C=O) groups excluding carboxylic acids is 1. The van der Waals surface area contributed by atoms with Crippen LogP contribution in [0.2, 0.25) is 0 Å². The maximum Gasteiger partial charge on any atom is 0.254 e. The van der Waals surface area contributed by atoms with Crippen LogP contribution in [0.15, 0.2) is 59.0 Å². The molecule has 2 aliphatic heterocycles. The minimum atomic E-state index is 0.165. The monoisotopic (exact) mass is 374 g/mol. The normalized spacial score (nSPS) is 20.3. The van der Waals surface area contributed by atoms with Crippen LogP contribution < -0.4 is 0 Å². The van der Waals surface area contributed by atoms with Crippen molar-refractivity contribution in [2.24, 2.45) is 0 Å². The van der Waals surface area contributed by atoms with Crippen LogP contribution in [0.4, 0.5) is 0 Å². The summed E-state index contributed by atoms with van der Waals surface area (Å²) in [5.41, 5.74) is 2.66. The van der Waals surface area contributed by atoms with Gasteiger partial charge in [-0.25, -0.2) is 0 Å². The smallest absolute Gasteiger partial charge is 0.254 e. The number of fused-ring (bicyclic) bond motifs is 1. The average molecular weight is 374 g/mol. The van der Waals surface area contributed by atoms with Gasteiger partial charge in [-0.15, -0.1) is 0 Å². The standard InChI is InChI=1S/C24H26N2O2/c27-24(26-15-5-7-21(26)17-25-13-3-4-14-25)19-11-9-18(10-12-19)23-16-20-6-1-2-8-22(20)28-23/h1-2,6,8-12,16,21H,3-5,7,13-15,17H2. The molecule has 2 aromatic carbocycles. The number of nitrogens with zero attached hydrogens (tertiary/aromatic N) is 2. The van der Waals surface area contributed by atoms with Crippen LogP contribution in [0.1, 0.15) is 36.0 Å². The Morgan fingerprint density at radius 3 is 2.54 bits per heavy atom. The summed E-state index contributed by atoms with van der Waals surface area (Å²) in [6.45, 7) is 4.28. The average Bonchev–Trinajstić information content (AvgIpc) is 3.48. The van der Waals surface area contributed by atoms with Gasteiger partial charge in [-0.05, 0) is 63.0 Å². The van der Waals surface area contributed by atoms with Gasteiger partial charge in [-0.2, -0.15) is 0 Å². The number of hydrogen-bond acceptors (Lipinski definition) is 3. The summed E-state index contributed by atoms with van der Waals surface area (Å²) in [6, 6.07) is 18.3. The van der Waals surface area contributed by atoms with Crippen molar-refractivity contribution in [3.63, 3.8) is 0 Å². The zero-order chi connectivity index (χ0) is 18.9. The highest BCUT2D eigenvalue weighted by atomic mass is 16.3. The number of rotatable bonds is 4.